The minimum Gasteiger partial charge on any atom is -0.481 e. The Morgan fingerprint density at radius 3 is 2.06 bits per heavy atom. The summed E-state index contributed by atoms with van der Waals surface area (Å²) in [6.45, 7) is 4.58. The molecule has 0 aromatic heterocycles. The van der Waals surface area contributed by atoms with Gasteiger partial charge in [-0.25, -0.2) is 8.78 Å². The molecule has 0 bridgehead atoms. The molecule has 0 aliphatic heterocycles. The molecule has 1 aromatic carbocycles. The van der Waals surface area contributed by atoms with Crippen molar-refractivity contribution in [3.63, 3.8) is 0 Å². The van der Waals surface area contributed by atoms with E-state index in [1.807, 2.05) is 0 Å². The van der Waals surface area contributed by atoms with Crippen LogP contribution < -0.4 is 5.73 Å². The maximum absolute atomic E-state index is 13.8. The monoisotopic (exact) mass is 257 g/mol. The Bertz CT molecular complexity index is 448. The molecule has 0 aliphatic rings. The summed E-state index contributed by atoms with van der Waals surface area (Å²) >= 11 is 0. The summed E-state index contributed by atoms with van der Waals surface area (Å²) < 4.78 is 27.7. The molecule has 0 fully saturated rings. The molecule has 0 radical (unpaired) electrons. The first-order valence-corrected chi connectivity index (χ1v) is 5.55. The molecular formula is C13H17F2NO2. The number of nitrogens with two attached hydrogens (primary N) is 1. The van der Waals surface area contributed by atoms with Crippen LogP contribution in [0.4, 0.5) is 8.78 Å². The van der Waals surface area contributed by atoms with Crippen molar-refractivity contribution < 1.29 is 18.7 Å². The zero-order valence-corrected chi connectivity index (χ0v) is 10.6. The Morgan fingerprint density at radius 1 is 1.28 bits per heavy atom. The summed E-state index contributed by atoms with van der Waals surface area (Å²) in [5.41, 5.74) is 3.23. The van der Waals surface area contributed by atoms with Crippen LogP contribution in [0.3, 0.4) is 0 Å². The van der Waals surface area contributed by atoms with E-state index in [4.69, 9.17) is 10.8 Å². The molecule has 0 heterocycles. The minimum atomic E-state index is -1.34. The van der Waals surface area contributed by atoms with Crippen LogP contribution in [0.5, 0.6) is 0 Å². The number of halogens is 2. The summed E-state index contributed by atoms with van der Waals surface area (Å²) in [6.07, 6.45) is -0.450. The number of aliphatic carboxylic acids is 1. The molecule has 0 saturated heterocycles. The van der Waals surface area contributed by atoms with Crippen molar-refractivity contribution >= 4 is 5.97 Å². The highest BCUT2D eigenvalue weighted by molar-refractivity contribution is 5.69. The van der Waals surface area contributed by atoms with Gasteiger partial charge in [-0.3, -0.25) is 4.79 Å². The van der Waals surface area contributed by atoms with Gasteiger partial charge in [0.25, 0.3) is 0 Å². The van der Waals surface area contributed by atoms with Gasteiger partial charge in [-0.2, -0.15) is 0 Å². The first kappa shape index (κ1) is 14.6. The molecule has 1 atom stereocenters. The molecule has 0 amide bonds. The van der Waals surface area contributed by atoms with Crippen molar-refractivity contribution in [2.24, 2.45) is 5.73 Å². The molecule has 0 saturated carbocycles. The second kappa shape index (κ2) is 4.65. The van der Waals surface area contributed by atoms with Crippen molar-refractivity contribution in [2.75, 3.05) is 0 Å². The van der Waals surface area contributed by atoms with Crippen molar-refractivity contribution in [2.45, 2.75) is 38.1 Å². The highest BCUT2D eigenvalue weighted by Crippen LogP contribution is 2.39. The molecule has 0 aliphatic carbocycles. The second-order valence-corrected chi connectivity index (χ2v) is 5.22. The van der Waals surface area contributed by atoms with Crippen LogP contribution in [-0.4, -0.2) is 16.6 Å². The van der Waals surface area contributed by atoms with E-state index < -0.39 is 35.0 Å². The van der Waals surface area contributed by atoms with Crippen molar-refractivity contribution in [3.05, 3.63) is 35.4 Å². The maximum Gasteiger partial charge on any atom is 0.304 e. The molecule has 3 nitrogen and oxygen atoms in total. The fraction of sp³-hybridized carbons (Fsp3) is 0.462. The van der Waals surface area contributed by atoms with Crippen molar-refractivity contribution in [1.82, 2.24) is 0 Å². The van der Waals surface area contributed by atoms with Crippen LogP contribution in [0.15, 0.2) is 18.2 Å². The van der Waals surface area contributed by atoms with E-state index in [0.717, 1.165) is 12.1 Å². The standard InChI is InChI=1S/C13H17F2NO2/c1-12(2,16)13(3,7-10(17)18)11-8(14)5-4-6-9(11)15/h4-6H,7,16H2,1-3H3,(H,17,18). The van der Waals surface area contributed by atoms with Crippen LogP contribution in [0.2, 0.25) is 0 Å². The van der Waals surface area contributed by atoms with Gasteiger partial charge in [0.1, 0.15) is 11.6 Å². The maximum atomic E-state index is 13.8. The Hall–Kier alpha value is -1.49. The lowest BCUT2D eigenvalue weighted by Gasteiger charge is -2.41. The van der Waals surface area contributed by atoms with Crippen molar-refractivity contribution in [3.8, 4) is 0 Å². The van der Waals surface area contributed by atoms with E-state index in [1.54, 1.807) is 13.8 Å². The molecule has 1 rings (SSSR count). The molecule has 18 heavy (non-hydrogen) atoms. The SMILES string of the molecule is CC(C)(N)C(C)(CC(=O)O)c1c(F)cccc1F. The first-order valence-electron chi connectivity index (χ1n) is 5.55. The van der Waals surface area contributed by atoms with E-state index in [2.05, 4.69) is 0 Å². The average Bonchev–Trinajstić information content (AvgIpc) is 2.13. The van der Waals surface area contributed by atoms with Gasteiger partial charge in [0.05, 0.1) is 6.42 Å². The number of benzene rings is 1. The number of carboxylic acid groups (broad SMARTS) is 1. The fourth-order valence-corrected chi connectivity index (χ4v) is 1.97. The van der Waals surface area contributed by atoms with Gasteiger partial charge in [0.15, 0.2) is 0 Å². The lowest BCUT2D eigenvalue weighted by Crippen LogP contribution is -2.54. The predicted octanol–water partition coefficient (Wildman–Crippen LogP) is 2.43. The summed E-state index contributed by atoms with van der Waals surface area (Å²) in [4.78, 5) is 11.0. The van der Waals surface area contributed by atoms with Gasteiger partial charge in [0.2, 0.25) is 0 Å². The quantitative estimate of drug-likeness (QED) is 0.870. The molecule has 1 aromatic rings. The molecule has 3 N–H and O–H groups in total. The topological polar surface area (TPSA) is 63.3 Å². The van der Waals surface area contributed by atoms with Gasteiger partial charge in [-0.05, 0) is 26.0 Å². The number of rotatable bonds is 4. The van der Waals surface area contributed by atoms with E-state index in [-0.39, 0.29) is 5.56 Å². The molecule has 100 valence electrons. The van der Waals surface area contributed by atoms with Crippen LogP contribution >= 0.6 is 0 Å². The number of hydrogen-bond donors (Lipinski definition) is 2. The van der Waals surface area contributed by atoms with E-state index in [9.17, 15) is 13.6 Å². The first-order chi connectivity index (χ1) is 8.09. The third-order valence-electron chi connectivity index (χ3n) is 3.44. The number of carboxylic acids is 1. The van der Waals surface area contributed by atoms with Gasteiger partial charge in [0, 0.05) is 16.5 Å². The minimum absolute atomic E-state index is 0.278. The molecular weight excluding hydrogens is 240 g/mol. The van der Waals surface area contributed by atoms with Crippen LogP contribution in [0.1, 0.15) is 32.8 Å². The third-order valence-corrected chi connectivity index (χ3v) is 3.44. The Kier molecular flexibility index (Phi) is 3.76. The van der Waals surface area contributed by atoms with Crippen LogP contribution in [0, 0.1) is 11.6 Å². The molecule has 1 unspecified atom stereocenters. The molecule has 0 spiro atoms. The normalized spacial score (nSPS) is 15.2. The lowest BCUT2D eigenvalue weighted by atomic mass is 9.66. The zero-order valence-electron chi connectivity index (χ0n) is 10.6. The highest BCUT2D eigenvalue weighted by Gasteiger charge is 2.45. The van der Waals surface area contributed by atoms with Crippen LogP contribution in [0.25, 0.3) is 0 Å². The highest BCUT2D eigenvalue weighted by atomic mass is 19.1. The summed E-state index contributed by atoms with van der Waals surface area (Å²) in [7, 11) is 0. The number of hydrogen-bond acceptors (Lipinski definition) is 2. The van der Waals surface area contributed by atoms with Gasteiger partial charge >= 0.3 is 5.97 Å². The smallest absolute Gasteiger partial charge is 0.304 e. The Labute approximate surface area is 105 Å². The fourth-order valence-electron chi connectivity index (χ4n) is 1.97. The number of carbonyl (C=O) groups is 1. The Morgan fingerprint density at radius 2 is 1.72 bits per heavy atom. The van der Waals surface area contributed by atoms with Gasteiger partial charge in [-0.15, -0.1) is 0 Å². The Balaban J connectivity index is 3.49. The van der Waals surface area contributed by atoms with Crippen molar-refractivity contribution in [1.29, 1.82) is 0 Å². The summed E-state index contributed by atoms with van der Waals surface area (Å²) in [6, 6.07) is 3.44. The van der Waals surface area contributed by atoms with E-state index in [1.165, 1.54) is 13.0 Å². The summed E-state index contributed by atoms with van der Waals surface area (Å²) in [5, 5.41) is 8.96. The van der Waals surface area contributed by atoms with Gasteiger partial charge in [-0.1, -0.05) is 13.0 Å². The second-order valence-electron chi connectivity index (χ2n) is 5.22. The lowest BCUT2D eigenvalue weighted by molar-refractivity contribution is -0.139. The molecule has 5 heteroatoms. The average molecular weight is 257 g/mol. The van der Waals surface area contributed by atoms with E-state index in [0.29, 0.717) is 0 Å². The van der Waals surface area contributed by atoms with Crippen LogP contribution in [-0.2, 0) is 10.2 Å². The third kappa shape index (κ3) is 2.51. The largest absolute Gasteiger partial charge is 0.481 e. The van der Waals surface area contributed by atoms with E-state index >= 15 is 0 Å². The predicted molar refractivity (Wildman–Crippen MR) is 64.2 cm³/mol. The zero-order chi connectivity index (χ0) is 14.1. The summed E-state index contributed by atoms with van der Waals surface area (Å²) in [5.74, 6) is -2.71. The van der Waals surface area contributed by atoms with Gasteiger partial charge < -0.3 is 10.8 Å².